The van der Waals surface area contributed by atoms with Crippen LogP contribution in [-0.4, -0.2) is 4.98 Å². The van der Waals surface area contributed by atoms with Crippen LogP contribution in [0.5, 0.6) is 0 Å². The van der Waals surface area contributed by atoms with Gasteiger partial charge < -0.3 is 5.32 Å². The van der Waals surface area contributed by atoms with Crippen molar-refractivity contribution >= 4 is 17.4 Å². The summed E-state index contributed by atoms with van der Waals surface area (Å²) in [6.07, 6.45) is 0. The van der Waals surface area contributed by atoms with Crippen molar-refractivity contribution in [3.63, 3.8) is 0 Å². The zero-order chi connectivity index (χ0) is 12.3. The standard InChI is InChI=1S/C13H12ClFN2/c1-9(10-5-7-11(15)8-6-10)16-13-4-2-3-12(14)17-13/h2-9H,1H3,(H,16,17). The van der Waals surface area contributed by atoms with Crippen molar-refractivity contribution in [2.45, 2.75) is 13.0 Å². The maximum atomic E-state index is 12.8. The predicted molar refractivity (Wildman–Crippen MR) is 67.7 cm³/mol. The Hall–Kier alpha value is -1.61. The van der Waals surface area contributed by atoms with E-state index in [-0.39, 0.29) is 11.9 Å². The highest BCUT2D eigenvalue weighted by molar-refractivity contribution is 6.29. The van der Waals surface area contributed by atoms with E-state index in [2.05, 4.69) is 10.3 Å². The van der Waals surface area contributed by atoms with Crippen LogP contribution in [0.3, 0.4) is 0 Å². The van der Waals surface area contributed by atoms with Crippen LogP contribution in [0, 0.1) is 5.82 Å². The van der Waals surface area contributed by atoms with Crippen LogP contribution in [0.2, 0.25) is 5.15 Å². The van der Waals surface area contributed by atoms with Gasteiger partial charge in [-0.2, -0.15) is 0 Å². The van der Waals surface area contributed by atoms with Crippen molar-refractivity contribution < 1.29 is 4.39 Å². The molecular weight excluding hydrogens is 239 g/mol. The van der Waals surface area contributed by atoms with Gasteiger partial charge in [0.1, 0.15) is 16.8 Å². The Bertz CT molecular complexity index is 499. The number of benzene rings is 1. The lowest BCUT2D eigenvalue weighted by atomic mass is 10.1. The molecule has 17 heavy (non-hydrogen) atoms. The molecule has 1 N–H and O–H groups in total. The Balaban J connectivity index is 2.11. The Morgan fingerprint density at radius 3 is 2.53 bits per heavy atom. The fourth-order valence-electron chi connectivity index (χ4n) is 1.55. The summed E-state index contributed by atoms with van der Waals surface area (Å²) in [5, 5.41) is 3.65. The molecule has 1 aromatic heterocycles. The third kappa shape index (κ3) is 3.17. The molecule has 0 saturated carbocycles. The number of aromatic nitrogens is 1. The lowest BCUT2D eigenvalue weighted by Crippen LogP contribution is -2.07. The first-order valence-corrected chi connectivity index (χ1v) is 5.67. The molecule has 0 amide bonds. The molecule has 2 nitrogen and oxygen atoms in total. The van der Waals surface area contributed by atoms with E-state index in [1.165, 1.54) is 12.1 Å². The van der Waals surface area contributed by atoms with Crippen LogP contribution in [-0.2, 0) is 0 Å². The highest BCUT2D eigenvalue weighted by atomic mass is 35.5. The van der Waals surface area contributed by atoms with Crippen molar-refractivity contribution in [1.82, 2.24) is 4.98 Å². The van der Waals surface area contributed by atoms with Gasteiger partial charge in [-0.25, -0.2) is 9.37 Å². The summed E-state index contributed by atoms with van der Waals surface area (Å²) in [5.74, 6) is 0.469. The van der Waals surface area contributed by atoms with Gasteiger partial charge in [-0.05, 0) is 36.8 Å². The molecule has 0 aliphatic rings. The molecule has 0 spiro atoms. The summed E-state index contributed by atoms with van der Waals surface area (Å²) < 4.78 is 12.8. The number of hydrogen-bond donors (Lipinski definition) is 1. The van der Waals surface area contributed by atoms with Crippen molar-refractivity contribution in [1.29, 1.82) is 0 Å². The highest BCUT2D eigenvalue weighted by Gasteiger charge is 2.06. The number of halogens is 2. The summed E-state index contributed by atoms with van der Waals surface area (Å²) in [7, 11) is 0. The molecule has 0 aliphatic heterocycles. The first kappa shape index (κ1) is 11.9. The van der Waals surface area contributed by atoms with Gasteiger partial charge in [-0.3, -0.25) is 0 Å². The molecule has 1 unspecified atom stereocenters. The lowest BCUT2D eigenvalue weighted by Gasteiger charge is -2.14. The van der Waals surface area contributed by atoms with E-state index in [0.717, 1.165) is 5.56 Å². The van der Waals surface area contributed by atoms with Crippen LogP contribution in [0.25, 0.3) is 0 Å². The minimum Gasteiger partial charge on any atom is -0.364 e. The molecule has 2 aromatic rings. The molecule has 1 heterocycles. The van der Waals surface area contributed by atoms with Gasteiger partial charge in [0.15, 0.2) is 0 Å². The third-order valence-corrected chi connectivity index (χ3v) is 2.66. The average Bonchev–Trinajstić information content (AvgIpc) is 2.29. The van der Waals surface area contributed by atoms with Gasteiger partial charge in [-0.15, -0.1) is 0 Å². The fourth-order valence-corrected chi connectivity index (χ4v) is 1.71. The van der Waals surface area contributed by atoms with Gasteiger partial charge in [-0.1, -0.05) is 29.8 Å². The summed E-state index contributed by atoms with van der Waals surface area (Å²) >= 11 is 5.79. The normalized spacial score (nSPS) is 12.2. The molecule has 1 aromatic carbocycles. The van der Waals surface area contributed by atoms with E-state index in [0.29, 0.717) is 11.0 Å². The second kappa shape index (κ2) is 5.15. The Morgan fingerprint density at radius 2 is 1.88 bits per heavy atom. The maximum absolute atomic E-state index is 12.8. The smallest absolute Gasteiger partial charge is 0.131 e. The van der Waals surface area contributed by atoms with Gasteiger partial charge >= 0.3 is 0 Å². The molecule has 0 aliphatic carbocycles. The van der Waals surface area contributed by atoms with E-state index < -0.39 is 0 Å². The van der Waals surface area contributed by atoms with E-state index >= 15 is 0 Å². The molecule has 88 valence electrons. The van der Waals surface area contributed by atoms with Gasteiger partial charge in [0, 0.05) is 6.04 Å². The van der Waals surface area contributed by atoms with Gasteiger partial charge in [0.25, 0.3) is 0 Å². The number of nitrogens with zero attached hydrogens (tertiary/aromatic N) is 1. The van der Waals surface area contributed by atoms with Crippen molar-refractivity contribution in [2.75, 3.05) is 5.32 Å². The molecule has 1 atom stereocenters. The Morgan fingerprint density at radius 1 is 1.18 bits per heavy atom. The maximum Gasteiger partial charge on any atom is 0.131 e. The second-order valence-corrected chi connectivity index (χ2v) is 4.15. The Kier molecular flexibility index (Phi) is 3.59. The first-order chi connectivity index (χ1) is 8.15. The van der Waals surface area contributed by atoms with E-state index in [9.17, 15) is 4.39 Å². The second-order valence-electron chi connectivity index (χ2n) is 3.76. The van der Waals surface area contributed by atoms with Crippen molar-refractivity contribution in [2.24, 2.45) is 0 Å². The van der Waals surface area contributed by atoms with Gasteiger partial charge in [0.2, 0.25) is 0 Å². The minimum atomic E-state index is -0.234. The van der Waals surface area contributed by atoms with Crippen LogP contribution in [0.4, 0.5) is 10.2 Å². The number of pyridine rings is 1. The predicted octanol–water partition coefficient (Wildman–Crippen LogP) is 4.05. The molecule has 0 radical (unpaired) electrons. The Labute approximate surface area is 104 Å². The third-order valence-electron chi connectivity index (χ3n) is 2.45. The monoisotopic (exact) mass is 250 g/mol. The van der Waals surface area contributed by atoms with E-state index in [4.69, 9.17) is 11.6 Å². The number of nitrogens with one attached hydrogen (secondary N) is 1. The highest BCUT2D eigenvalue weighted by Crippen LogP contribution is 2.19. The van der Waals surface area contributed by atoms with Gasteiger partial charge in [0.05, 0.1) is 0 Å². The number of anilines is 1. The van der Waals surface area contributed by atoms with Crippen LogP contribution < -0.4 is 5.32 Å². The molecule has 0 fully saturated rings. The number of rotatable bonds is 3. The summed E-state index contributed by atoms with van der Waals surface area (Å²) in [6, 6.07) is 11.8. The average molecular weight is 251 g/mol. The van der Waals surface area contributed by atoms with E-state index in [1.807, 2.05) is 19.1 Å². The van der Waals surface area contributed by atoms with Crippen LogP contribution in [0.15, 0.2) is 42.5 Å². The largest absolute Gasteiger partial charge is 0.364 e. The summed E-state index contributed by atoms with van der Waals surface area (Å²) in [6.45, 7) is 1.98. The fraction of sp³-hybridized carbons (Fsp3) is 0.154. The van der Waals surface area contributed by atoms with Crippen LogP contribution in [0.1, 0.15) is 18.5 Å². The SMILES string of the molecule is CC(Nc1cccc(Cl)n1)c1ccc(F)cc1. The summed E-state index contributed by atoms with van der Waals surface area (Å²) in [5.41, 5.74) is 0.994. The molecule has 0 saturated heterocycles. The topological polar surface area (TPSA) is 24.9 Å². The van der Waals surface area contributed by atoms with Crippen molar-refractivity contribution in [3.8, 4) is 0 Å². The van der Waals surface area contributed by atoms with Crippen molar-refractivity contribution in [3.05, 3.63) is 59.0 Å². The number of hydrogen-bond acceptors (Lipinski definition) is 2. The first-order valence-electron chi connectivity index (χ1n) is 5.30. The minimum absolute atomic E-state index is 0.0431. The zero-order valence-electron chi connectivity index (χ0n) is 9.32. The van der Waals surface area contributed by atoms with Crippen LogP contribution >= 0.6 is 11.6 Å². The quantitative estimate of drug-likeness (QED) is 0.832. The summed E-state index contributed by atoms with van der Waals surface area (Å²) in [4.78, 5) is 4.14. The zero-order valence-corrected chi connectivity index (χ0v) is 10.1. The van der Waals surface area contributed by atoms with E-state index in [1.54, 1.807) is 18.2 Å². The molecule has 2 rings (SSSR count). The molecular formula is C13H12ClFN2. The lowest BCUT2D eigenvalue weighted by molar-refractivity contribution is 0.626. The molecule has 0 bridgehead atoms. The molecule has 4 heteroatoms.